The molecule has 5 nitrogen and oxygen atoms in total. The number of carbonyl (C=O) groups is 1. The van der Waals surface area contributed by atoms with Gasteiger partial charge in [0, 0.05) is 5.56 Å². The Bertz CT molecular complexity index is 913. The fraction of sp³-hybridized carbons (Fsp3) is 0.167. The second-order valence-corrected chi connectivity index (χ2v) is 6.90. The first kappa shape index (κ1) is 19.0. The highest BCUT2D eigenvalue weighted by molar-refractivity contribution is 8.15. The van der Waals surface area contributed by atoms with Crippen molar-refractivity contribution in [2.24, 2.45) is 10.2 Å². The van der Waals surface area contributed by atoms with Gasteiger partial charge in [-0.25, -0.2) is 0 Å². The summed E-state index contributed by atoms with van der Waals surface area (Å²) in [7, 11) is 0. The number of halogens is 3. The summed E-state index contributed by atoms with van der Waals surface area (Å²) in [5.74, 6) is -0.291. The van der Waals surface area contributed by atoms with E-state index in [9.17, 15) is 23.1 Å². The van der Waals surface area contributed by atoms with E-state index in [-0.39, 0.29) is 23.2 Å². The van der Waals surface area contributed by atoms with Crippen LogP contribution in [-0.4, -0.2) is 27.6 Å². The number of thioether (sulfide) groups is 1. The Morgan fingerprint density at radius 3 is 2.70 bits per heavy atom. The average Bonchev–Trinajstić information content (AvgIpc) is 2.96. The van der Waals surface area contributed by atoms with Crippen LogP contribution in [0.25, 0.3) is 0 Å². The van der Waals surface area contributed by atoms with Crippen molar-refractivity contribution in [3.05, 3.63) is 65.2 Å². The Morgan fingerprint density at radius 1 is 1.19 bits per heavy atom. The van der Waals surface area contributed by atoms with E-state index in [4.69, 9.17) is 0 Å². The predicted octanol–water partition coefficient (Wildman–Crippen LogP) is 3.58. The lowest BCUT2D eigenvalue weighted by molar-refractivity contribution is -0.137. The van der Waals surface area contributed by atoms with E-state index in [1.54, 1.807) is 24.3 Å². The summed E-state index contributed by atoms with van der Waals surface area (Å²) in [4.78, 5) is 12.0. The zero-order chi connectivity index (χ0) is 19.4. The Hall–Kier alpha value is -2.81. The van der Waals surface area contributed by atoms with Gasteiger partial charge < -0.3 is 10.4 Å². The van der Waals surface area contributed by atoms with E-state index in [0.29, 0.717) is 11.1 Å². The van der Waals surface area contributed by atoms with Gasteiger partial charge in [-0.2, -0.15) is 18.3 Å². The molecular formula is C18H14F3N3O2S. The summed E-state index contributed by atoms with van der Waals surface area (Å²) in [6, 6.07) is 11.5. The van der Waals surface area contributed by atoms with Crippen LogP contribution in [-0.2, 0) is 17.4 Å². The van der Waals surface area contributed by atoms with Crippen LogP contribution in [0, 0.1) is 0 Å². The molecule has 1 aliphatic rings. The normalized spacial score (nSPS) is 19.0. The summed E-state index contributed by atoms with van der Waals surface area (Å²) in [5.41, 5.74) is 0.137. The number of aromatic hydroxyl groups is 1. The molecule has 0 unspecified atom stereocenters. The first-order valence-corrected chi connectivity index (χ1v) is 8.73. The van der Waals surface area contributed by atoms with E-state index >= 15 is 0 Å². The number of carbonyl (C=O) groups excluding carboxylic acids is 1. The van der Waals surface area contributed by atoms with Gasteiger partial charge in [-0.1, -0.05) is 42.1 Å². The molecule has 0 radical (unpaired) electrons. The van der Waals surface area contributed by atoms with Crippen LogP contribution in [0.5, 0.6) is 5.75 Å². The molecule has 1 saturated heterocycles. The van der Waals surface area contributed by atoms with Crippen LogP contribution in [0.2, 0.25) is 0 Å². The molecular weight excluding hydrogens is 379 g/mol. The number of rotatable bonds is 4. The number of phenolic OH excluding ortho intramolecular Hbond substituents is 1. The number of phenols is 1. The highest BCUT2D eigenvalue weighted by Crippen LogP contribution is 2.31. The standard InChI is InChI=1S/C18H14F3N3O2S/c19-18(20,21)13-6-3-4-11(8-13)9-15-16(26)23-17(27-15)24-22-10-12-5-1-2-7-14(12)25/h1-8,10,15,25H,9H2,(H,23,24,26)/b22-10+/t15-/m1/s1. The maximum atomic E-state index is 12.8. The molecule has 3 rings (SSSR count). The molecule has 1 atom stereocenters. The molecule has 140 valence electrons. The fourth-order valence-electron chi connectivity index (χ4n) is 2.42. The van der Waals surface area contributed by atoms with E-state index in [1.165, 1.54) is 18.3 Å². The smallest absolute Gasteiger partial charge is 0.416 e. The van der Waals surface area contributed by atoms with Gasteiger partial charge in [0.1, 0.15) is 5.75 Å². The highest BCUT2D eigenvalue weighted by atomic mass is 32.2. The largest absolute Gasteiger partial charge is 0.507 e. The highest BCUT2D eigenvalue weighted by Gasteiger charge is 2.33. The van der Waals surface area contributed by atoms with Crippen molar-refractivity contribution in [1.82, 2.24) is 5.32 Å². The lowest BCUT2D eigenvalue weighted by atomic mass is 10.1. The number of para-hydroxylation sites is 1. The van der Waals surface area contributed by atoms with Gasteiger partial charge in [-0.15, -0.1) is 5.10 Å². The number of hydrogen-bond donors (Lipinski definition) is 2. The number of nitrogens with zero attached hydrogens (tertiary/aromatic N) is 2. The molecule has 0 spiro atoms. The molecule has 9 heteroatoms. The monoisotopic (exact) mass is 393 g/mol. The van der Waals surface area contributed by atoms with Crippen molar-refractivity contribution in [2.75, 3.05) is 0 Å². The van der Waals surface area contributed by atoms with Gasteiger partial charge in [-0.3, -0.25) is 4.79 Å². The molecule has 1 aliphatic heterocycles. The quantitative estimate of drug-likeness (QED) is 0.616. The number of alkyl halides is 3. The fourth-order valence-corrected chi connectivity index (χ4v) is 3.38. The van der Waals surface area contributed by atoms with Gasteiger partial charge in [0.25, 0.3) is 0 Å². The number of hydrogen-bond acceptors (Lipinski definition) is 5. The van der Waals surface area contributed by atoms with Crippen LogP contribution in [0.3, 0.4) is 0 Å². The van der Waals surface area contributed by atoms with Crippen molar-refractivity contribution in [3.8, 4) is 5.75 Å². The Balaban J connectivity index is 1.66. The first-order chi connectivity index (χ1) is 12.8. The average molecular weight is 393 g/mol. The number of amidine groups is 1. The summed E-state index contributed by atoms with van der Waals surface area (Å²) in [5, 5.41) is 19.6. The zero-order valence-electron chi connectivity index (χ0n) is 13.8. The first-order valence-electron chi connectivity index (χ1n) is 7.85. The molecule has 0 aliphatic carbocycles. The van der Waals surface area contributed by atoms with Gasteiger partial charge in [-0.05, 0) is 30.2 Å². The minimum absolute atomic E-state index is 0.0481. The molecule has 1 heterocycles. The maximum Gasteiger partial charge on any atom is 0.416 e. The summed E-state index contributed by atoms with van der Waals surface area (Å²) < 4.78 is 38.4. The zero-order valence-corrected chi connectivity index (χ0v) is 14.6. The molecule has 2 N–H and O–H groups in total. The van der Waals surface area contributed by atoms with Gasteiger partial charge >= 0.3 is 6.18 Å². The molecule has 0 aromatic heterocycles. The van der Waals surface area contributed by atoms with Crippen molar-refractivity contribution < 1.29 is 23.1 Å². The topological polar surface area (TPSA) is 74.0 Å². The second kappa shape index (κ2) is 7.83. The third-order valence-corrected chi connectivity index (χ3v) is 4.81. The molecule has 27 heavy (non-hydrogen) atoms. The lowest BCUT2D eigenvalue weighted by Gasteiger charge is -2.10. The molecule has 0 saturated carbocycles. The second-order valence-electron chi connectivity index (χ2n) is 5.71. The van der Waals surface area contributed by atoms with Crippen LogP contribution in [0.4, 0.5) is 13.2 Å². The third kappa shape index (κ3) is 4.88. The summed E-state index contributed by atoms with van der Waals surface area (Å²) in [6.07, 6.45) is -2.94. The Kier molecular flexibility index (Phi) is 5.50. The van der Waals surface area contributed by atoms with Crippen molar-refractivity contribution in [3.63, 3.8) is 0 Å². The summed E-state index contributed by atoms with van der Waals surface area (Å²) in [6.45, 7) is 0. The van der Waals surface area contributed by atoms with Crippen molar-refractivity contribution in [1.29, 1.82) is 0 Å². The minimum Gasteiger partial charge on any atom is -0.507 e. The molecule has 1 amide bonds. The SMILES string of the molecule is O=C1N/C(=N\N=C\c2ccccc2O)S[C@@H]1Cc1cccc(C(F)(F)F)c1. The molecule has 2 aromatic carbocycles. The van der Waals surface area contributed by atoms with Gasteiger partial charge in [0.05, 0.1) is 17.0 Å². The third-order valence-electron chi connectivity index (χ3n) is 3.73. The van der Waals surface area contributed by atoms with Crippen LogP contribution in [0.15, 0.2) is 58.7 Å². The van der Waals surface area contributed by atoms with Gasteiger partial charge in [0.15, 0.2) is 5.17 Å². The van der Waals surface area contributed by atoms with E-state index in [1.807, 2.05) is 0 Å². The van der Waals surface area contributed by atoms with Crippen molar-refractivity contribution >= 4 is 29.1 Å². The number of amides is 1. The number of benzene rings is 2. The van der Waals surface area contributed by atoms with Gasteiger partial charge in [0.2, 0.25) is 5.91 Å². The van der Waals surface area contributed by atoms with E-state index in [0.717, 1.165) is 23.9 Å². The van der Waals surface area contributed by atoms with Crippen LogP contribution >= 0.6 is 11.8 Å². The summed E-state index contributed by atoms with van der Waals surface area (Å²) >= 11 is 1.10. The molecule has 2 aromatic rings. The molecule has 1 fully saturated rings. The minimum atomic E-state index is -4.43. The maximum absolute atomic E-state index is 12.8. The predicted molar refractivity (Wildman–Crippen MR) is 97.8 cm³/mol. The number of nitrogens with one attached hydrogen (secondary N) is 1. The van der Waals surface area contributed by atoms with E-state index < -0.39 is 17.0 Å². The Labute approximate surface area is 157 Å². The van der Waals surface area contributed by atoms with Crippen LogP contribution < -0.4 is 5.32 Å². The van der Waals surface area contributed by atoms with Crippen LogP contribution in [0.1, 0.15) is 16.7 Å². The van der Waals surface area contributed by atoms with Crippen molar-refractivity contribution in [2.45, 2.75) is 17.8 Å². The Morgan fingerprint density at radius 2 is 1.96 bits per heavy atom. The lowest BCUT2D eigenvalue weighted by Crippen LogP contribution is -2.26. The van der Waals surface area contributed by atoms with E-state index in [2.05, 4.69) is 15.5 Å². The molecule has 0 bridgehead atoms.